The molecule has 6 nitrogen and oxygen atoms in total. The van der Waals surface area contributed by atoms with Crippen LogP contribution in [-0.2, 0) is 4.84 Å². The molecule has 6 heteroatoms. The normalized spacial score (nSPS) is 26.8. The van der Waals surface area contributed by atoms with E-state index in [4.69, 9.17) is 4.84 Å². The number of piperidine rings is 1. The van der Waals surface area contributed by atoms with E-state index in [1.807, 2.05) is 4.90 Å². The van der Waals surface area contributed by atoms with E-state index in [1.165, 1.54) is 5.06 Å². The summed E-state index contributed by atoms with van der Waals surface area (Å²) in [5.74, 6) is 0.854. The first-order chi connectivity index (χ1) is 8.81. The van der Waals surface area contributed by atoms with E-state index >= 15 is 0 Å². The molecule has 0 spiro atoms. The Hall–Kier alpha value is -1.82. The molecule has 2 aliphatic rings. The Balaban J connectivity index is 1.78. The van der Waals surface area contributed by atoms with Crippen molar-refractivity contribution in [1.82, 2.24) is 19.9 Å². The van der Waals surface area contributed by atoms with Gasteiger partial charge in [-0.15, -0.1) is 6.58 Å². The van der Waals surface area contributed by atoms with Crippen LogP contribution in [0, 0.1) is 0 Å². The number of imidazole rings is 1. The molecule has 3 rings (SSSR count). The molecule has 2 amide bonds. The predicted molar refractivity (Wildman–Crippen MR) is 64.4 cm³/mol. The second-order valence-electron chi connectivity index (χ2n) is 4.57. The average Bonchev–Trinajstić information content (AvgIpc) is 2.99. The number of hydrogen-bond donors (Lipinski definition) is 1. The summed E-state index contributed by atoms with van der Waals surface area (Å²) in [6.07, 6.45) is 7.00. The fourth-order valence-corrected chi connectivity index (χ4v) is 2.67. The molecule has 1 aromatic rings. The Morgan fingerprint density at radius 2 is 2.50 bits per heavy atom. The van der Waals surface area contributed by atoms with Gasteiger partial charge in [0.15, 0.2) is 0 Å². The van der Waals surface area contributed by atoms with Gasteiger partial charge in [-0.25, -0.2) is 9.78 Å². The molecule has 0 aromatic carbocycles. The van der Waals surface area contributed by atoms with Gasteiger partial charge in [-0.05, 0) is 12.8 Å². The molecule has 2 aliphatic heterocycles. The zero-order chi connectivity index (χ0) is 12.5. The van der Waals surface area contributed by atoms with Crippen molar-refractivity contribution in [3.8, 4) is 0 Å². The maximum Gasteiger partial charge on any atom is 0.344 e. The summed E-state index contributed by atoms with van der Waals surface area (Å²) < 4.78 is 0. The van der Waals surface area contributed by atoms with E-state index in [0.717, 1.165) is 18.7 Å². The van der Waals surface area contributed by atoms with Crippen molar-refractivity contribution in [3.05, 3.63) is 30.9 Å². The standard InChI is InChI=1S/C12H16N4O2/c1-2-7-18-16-9-3-4-10(11-13-5-6-14-11)15(8-9)12(16)17/h2,5-6,9-10H,1,3-4,7-8H2,(H,13,14)/t9?,10-/m0/s1. The molecule has 0 saturated carbocycles. The van der Waals surface area contributed by atoms with Crippen LogP contribution in [0.2, 0.25) is 0 Å². The van der Waals surface area contributed by atoms with Gasteiger partial charge in [0.05, 0.1) is 18.7 Å². The second kappa shape index (κ2) is 4.45. The predicted octanol–water partition coefficient (Wildman–Crippen LogP) is 1.47. The van der Waals surface area contributed by atoms with E-state index in [1.54, 1.807) is 18.5 Å². The van der Waals surface area contributed by atoms with E-state index in [9.17, 15) is 4.79 Å². The van der Waals surface area contributed by atoms with Crippen molar-refractivity contribution in [2.45, 2.75) is 24.9 Å². The molecule has 1 aromatic heterocycles. The highest BCUT2D eigenvalue weighted by Gasteiger charge is 2.46. The number of amides is 2. The van der Waals surface area contributed by atoms with E-state index in [-0.39, 0.29) is 18.1 Å². The number of nitrogens with zero attached hydrogens (tertiary/aromatic N) is 3. The van der Waals surface area contributed by atoms with Gasteiger partial charge in [-0.3, -0.25) is 4.84 Å². The largest absolute Gasteiger partial charge is 0.347 e. The zero-order valence-corrected chi connectivity index (χ0v) is 10.1. The van der Waals surface area contributed by atoms with Crippen LogP contribution in [0.5, 0.6) is 0 Å². The van der Waals surface area contributed by atoms with Gasteiger partial charge in [0.2, 0.25) is 0 Å². The molecule has 2 bridgehead atoms. The molecule has 1 unspecified atom stereocenters. The van der Waals surface area contributed by atoms with Crippen LogP contribution in [0.25, 0.3) is 0 Å². The monoisotopic (exact) mass is 248 g/mol. The summed E-state index contributed by atoms with van der Waals surface area (Å²) in [5, 5.41) is 1.49. The molecule has 2 fully saturated rings. The number of urea groups is 1. The summed E-state index contributed by atoms with van der Waals surface area (Å²) in [6.45, 7) is 4.67. The number of carbonyl (C=O) groups is 1. The van der Waals surface area contributed by atoms with Crippen LogP contribution in [-0.4, -0.2) is 45.2 Å². The van der Waals surface area contributed by atoms with Gasteiger partial charge in [-0.1, -0.05) is 6.08 Å². The van der Waals surface area contributed by atoms with Crippen molar-refractivity contribution in [2.24, 2.45) is 0 Å². The maximum atomic E-state index is 12.2. The number of nitrogens with one attached hydrogen (secondary N) is 1. The lowest BCUT2D eigenvalue weighted by Gasteiger charge is -2.28. The Kier molecular flexibility index (Phi) is 2.79. The van der Waals surface area contributed by atoms with Crippen molar-refractivity contribution in [2.75, 3.05) is 13.2 Å². The molecule has 18 heavy (non-hydrogen) atoms. The number of hydrogen-bond acceptors (Lipinski definition) is 3. The minimum absolute atomic E-state index is 0.0427. The first-order valence-electron chi connectivity index (χ1n) is 6.14. The zero-order valence-electron chi connectivity index (χ0n) is 10.1. The van der Waals surface area contributed by atoms with Crippen molar-refractivity contribution >= 4 is 6.03 Å². The first-order valence-corrected chi connectivity index (χ1v) is 6.14. The quantitative estimate of drug-likeness (QED) is 0.821. The number of hydroxylamine groups is 2. The highest BCUT2D eigenvalue weighted by atomic mass is 16.7. The fraction of sp³-hybridized carbons (Fsp3) is 0.500. The first kappa shape index (κ1) is 11.3. The van der Waals surface area contributed by atoms with Gasteiger partial charge in [0.1, 0.15) is 5.82 Å². The molecule has 0 radical (unpaired) electrons. The minimum atomic E-state index is -0.0687. The minimum Gasteiger partial charge on any atom is -0.347 e. The number of aromatic amines is 1. The van der Waals surface area contributed by atoms with Crippen molar-refractivity contribution in [3.63, 3.8) is 0 Å². The average molecular weight is 248 g/mol. The van der Waals surface area contributed by atoms with Gasteiger partial charge in [0.25, 0.3) is 0 Å². The molecule has 96 valence electrons. The molecule has 2 saturated heterocycles. The molecule has 1 N–H and O–H groups in total. The molecule has 2 atom stereocenters. The lowest BCUT2D eigenvalue weighted by molar-refractivity contribution is -0.118. The van der Waals surface area contributed by atoms with Crippen LogP contribution in [0.4, 0.5) is 4.79 Å². The van der Waals surface area contributed by atoms with Crippen LogP contribution in [0.1, 0.15) is 24.7 Å². The van der Waals surface area contributed by atoms with Gasteiger partial charge in [-0.2, -0.15) is 5.06 Å². The third-order valence-corrected chi connectivity index (χ3v) is 3.49. The number of fused-ring (bicyclic) bond motifs is 2. The Labute approximate surface area is 105 Å². The number of H-pyrrole nitrogens is 1. The van der Waals surface area contributed by atoms with Crippen LogP contribution < -0.4 is 0 Å². The third-order valence-electron chi connectivity index (χ3n) is 3.49. The third kappa shape index (κ3) is 1.69. The summed E-state index contributed by atoms with van der Waals surface area (Å²) in [5.41, 5.74) is 0. The summed E-state index contributed by atoms with van der Waals surface area (Å²) in [4.78, 5) is 26.9. The number of carbonyl (C=O) groups excluding carboxylic acids is 1. The molecular formula is C12H16N4O2. The van der Waals surface area contributed by atoms with Crippen LogP contribution >= 0.6 is 0 Å². The van der Waals surface area contributed by atoms with Gasteiger partial charge < -0.3 is 9.88 Å². The Morgan fingerprint density at radius 3 is 3.22 bits per heavy atom. The highest BCUT2D eigenvalue weighted by Crippen LogP contribution is 2.36. The van der Waals surface area contributed by atoms with E-state index < -0.39 is 0 Å². The number of aromatic nitrogens is 2. The van der Waals surface area contributed by atoms with Crippen molar-refractivity contribution in [1.29, 1.82) is 0 Å². The van der Waals surface area contributed by atoms with E-state index in [2.05, 4.69) is 16.5 Å². The van der Waals surface area contributed by atoms with Crippen LogP contribution in [0.3, 0.4) is 0 Å². The SMILES string of the molecule is C=CCON1C(=O)N2CC1CC[C@H]2c1ncc[nH]1. The van der Waals surface area contributed by atoms with Gasteiger partial charge in [0, 0.05) is 18.9 Å². The number of rotatable bonds is 4. The van der Waals surface area contributed by atoms with E-state index in [0.29, 0.717) is 13.2 Å². The summed E-state index contributed by atoms with van der Waals surface area (Å²) in [7, 11) is 0. The van der Waals surface area contributed by atoms with Crippen LogP contribution in [0.15, 0.2) is 25.0 Å². The summed E-state index contributed by atoms with van der Waals surface area (Å²) >= 11 is 0. The molecule has 0 aliphatic carbocycles. The van der Waals surface area contributed by atoms with Gasteiger partial charge >= 0.3 is 6.03 Å². The second-order valence-corrected chi connectivity index (χ2v) is 4.57. The van der Waals surface area contributed by atoms with Crippen molar-refractivity contribution < 1.29 is 9.63 Å². The fourth-order valence-electron chi connectivity index (χ4n) is 2.67. The highest BCUT2D eigenvalue weighted by molar-refractivity contribution is 5.77. The smallest absolute Gasteiger partial charge is 0.344 e. The lowest BCUT2D eigenvalue weighted by Crippen LogP contribution is -2.34. The summed E-state index contributed by atoms with van der Waals surface area (Å²) in [6, 6.07) is 0.130. The topological polar surface area (TPSA) is 61.5 Å². The maximum absolute atomic E-state index is 12.2. The Morgan fingerprint density at radius 1 is 1.61 bits per heavy atom. The Bertz CT molecular complexity index is 445. The molecule has 3 heterocycles. The molecular weight excluding hydrogens is 232 g/mol. The lowest BCUT2D eigenvalue weighted by atomic mass is 10.0.